The van der Waals surface area contributed by atoms with Crippen molar-refractivity contribution in [1.29, 1.82) is 0 Å². The number of carbonyl (C=O) groups excluding carboxylic acids is 2. The number of hydrogen-bond donors (Lipinski definition) is 2. The van der Waals surface area contributed by atoms with Gasteiger partial charge in [0.1, 0.15) is 11.2 Å². The van der Waals surface area contributed by atoms with Gasteiger partial charge >= 0.3 is 0 Å². The lowest BCUT2D eigenvalue weighted by Crippen LogP contribution is -2.43. The van der Waals surface area contributed by atoms with Crippen LogP contribution in [0.5, 0.6) is 0 Å². The fourth-order valence-electron chi connectivity index (χ4n) is 3.99. The molecule has 1 unspecified atom stereocenters. The maximum Gasteiger partial charge on any atom is 0.240 e. The summed E-state index contributed by atoms with van der Waals surface area (Å²) >= 11 is 3.42. The number of aryl methyl sites for hydroxylation is 1. The predicted octanol–water partition coefficient (Wildman–Crippen LogP) is 3.52. The van der Waals surface area contributed by atoms with Crippen molar-refractivity contribution in [2.75, 3.05) is 10.6 Å². The highest BCUT2D eigenvalue weighted by atomic mass is 79.9. The number of fused-ring (bicyclic) bond motifs is 4. The van der Waals surface area contributed by atoms with Gasteiger partial charge < -0.3 is 10.6 Å². The number of carbonyl (C=O) groups is 2. The number of rotatable bonds is 1. The molecule has 0 saturated carbocycles. The number of anilines is 2. The molecule has 3 aromatic rings. The highest BCUT2D eigenvalue weighted by molar-refractivity contribution is 9.10. The molecular weight excluding hydrogens is 408 g/mol. The molecule has 2 aromatic carbocycles. The molecule has 2 aliphatic rings. The van der Waals surface area contributed by atoms with E-state index in [9.17, 15) is 9.59 Å². The third-order valence-corrected chi connectivity index (χ3v) is 5.78. The maximum absolute atomic E-state index is 13.1. The Balaban J connectivity index is 1.76. The van der Waals surface area contributed by atoms with E-state index in [4.69, 9.17) is 0 Å². The summed E-state index contributed by atoms with van der Waals surface area (Å²) in [5.74, 6) is 0.151. The van der Waals surface area contributed by atoms with Gasteiger partial charge in [0.05, 0.1) is 11.9 Å². The molecule has 134 valence electrons. The molecule has 0 radical (unpaired) electrons. The van der Waals surface area contributed by atoms with Gasteiger partial charge in [-0.1, -0.05) is 33.6 Å². The lowest BCUT2D eigenvalue weighted by molar-refractivity contribution is -0.125. The summed E-state index contributed by atoms with van der Waals surface area (Å²) < 4.78 is 2.62. The van der Waals surface area contributed by atoms with Gasteiger partial charge in [-0.15, -0.1) is 0 Å². The summed E-state index contributed by atoms with van der Waals surface area (Å²) in [6.45, 7) is 1.98. The molecule has 1 aromatic heterocycles. The molecule has 0 bridgehead atoms. The number of amides is 2. The summed E-state index contributed by atoms with van der Waals surface area (Å²) in [5, 5.41) is 10.3. The largest absolute Gasteiger partial charge is 0.325 e. The Morgan fingerprint density at radius 3 is 2.63 bits per heavy atom. The smallest absolute Gasteiger partial charge is 0.240 e. The van der Waals surface area contributed by atoms with Crippen molar-refractivity contribution in [3.8, 4) is 5.69 Å². The van der Waals surface area contributed by atoms with Crippen LogP contribution in [0.1, 0.15) is 23.1 Å². The van der Waals surface area contributed by atoms with Gasteiger partial charge in [-0.25, -0.2) is 4.68 Å². The topological polar surface area (TPSA) is 76.0 Å². The first-order chi connectivity index (χ1) is 13.0. The van der Waals surface area contributed by atoms with Gasteiger partial charge in [-0.3, -0.25) is 9.59 Å². The molecule has 2 N–H and O–H groups in total. The minimum atomic E-state index is -1.05. The second kappa shape index (κ2) is 5.53. The van der Waals surface area contributed by atoms with Crippen molar-refractivity contribution >= 4 is 39.2 Å². The molecule has 6 nitrogen and oxygen atoms in total. The van der Waals surface area contributed by atoms with Crippen LogP contribution in [0.2, 0.25) is 0 Å². The van der Waals surface area contributed by atoms with Gasteiger partial charge in [0.2, 0.25) is 11.8 Å². The first-order valence-corrected chi connectivity index (χ1v) is 9.35. The zero-order valence-corrected chi connectivity index (χ0v) is 16.0. The number of halogens is 1. The van der Waals surface area contributed by atoms with E-state index in [1.54, 1.807) is 10.9 Å². The van der Waals surface area contributed by atoms with Crippen LogP contribution >= 0.6 is 15.9 Å². The second-order valence-electron chi connectivity index (χ2n) is 6.93. The minimum absolute atomic E-state index is 0.0638. The average Bonchev–Trinajstić information content (AvgIpc) is 3.17. The molecule has 0 fully saturated rings. The van der Waals surface area contributed by atoms with E-state index >= 15 is 0 Å². The molecule has 2 aliphatic heterocycles. The Morgan fingerprint density at radius 2 is 1.85 bits per heavy atom. The fraction of sp³-hybridized carbons (Fsp3) is 0.150. The molecule has 7 heteroatoms. The van der Waals surface area contributed by atoms with Crippen molar-refractivity contribution in [2.24, 2.45) is 0 Å². The number of nitrogens with one attached hydrogen (secondary N) is 2. The Hall–Kier alpha value is -2.93. The zero-order chi connectivity index (χ0) is 18.8. The number of benzene rings is 2. The summed E-state index contributed by atoms with van der Waals surface area (Å²) in [5.41, 5.74) is 3.10. The van der Waals surface area contributed by atoms with E-state index in [1.165, 1.54) is 0 Å². The van der Waals surface area contributed by atoms with Crippen LogP contribution in [0.3, 0.4) is 0 Å². The Bertz CT molecular complexity index is 1120. The summed E-state index contributed by atoms with van der Waals surface area (Å²) in [4.78, 5) is 25.7. The van der Waals surface area contributed by atoms with Gasteiger partial charge in [-0.05, 0) is 42.8 Å². The number of aromatic nitrogens is 2. The van der Waals surface area contributed by atoms with Crippen LogP contribution in [0, 0.1) is 6.92 Å². The molecule has 2 amide bonds. The Kier molecular flexibility index (Phi) is 3.33. The second-order valence-corrected chi connectivity index (χ2v) is 7.84. The van der Waals surface area contributed by atoms with Crippen LogP contribution in [-0.4, -0.2) is 21.6 Å². The molecule has 1 spiro atoms. The number of hydrogen-bond acceptors (Lipinski definition) is 3. The van der Waals surface area contributed by atoms with Crippen LogP contribution in [0.15, 0.2) is 53.1 Å². The molecule has 1 atom stereocenters. The maximum atomic E-state index is 13.1. The molecule has 0 saturated heterocycles. The normalized spacial score (nSPS) is 20.2. The quantitative estimate of drug-likeness (QED) is 0.629. The van der Waals surface area contributed by atoms with Gasteiger partial charge in [0.15, 0.2) is 0 Å². The SMILES string of the molecule is Cc1ccc2c(c1)C1(CC(=O)Nc3c1cnn3-c1ccc(Br)cc1)C(=O)N2. The van der Waals surface area contributed by atoms with Gasteiger partial charge in [0.25, 0.3) is 0 Å². The summed E-state index contributed by atoms with van der Waals surface area (Å²) in [6.07, 6.45) is 1.75. The first-order valence-electron chi connectivity index (χ1n) is 8.56. The van der Waals surface area contributed by atoms with Crippen LogP contribution in [0.4, 0.5) is 11.5 Å². The van der Waals surface area contributed by atoms with Crippen molar-refractivity contribution in [1.82, 2.24) is 9.78 Å². The lowest BCUT2D eigenvalue weighted by Gasteiger charge is -2.31. The zero-order valence-electron chi connectivity index (χ0n) is 14.4. The lowest BCUT2D eigenvalue weighted by atomic mass is 9.71. The third-order valence-electron chi connectivity index (χ3n) is 5.25. The minimum Gasteiger partial charge on any atom is -0.325 e. The van der Waals surface area contributed by atoms with Gasteiger partial charge in [-0.2, -0.15) is 5.10 Å². The fourth-order valence-corrected chi connectivity index (χ4v) is 4.25. The molecule has 0 aliphatic carbocycles. The van der Waals surface area contributed by atoms with E-state index in [0.717, 1.165) is 27.0 Å². The predicted molar refractivity (Wildman–Crippen MR) is 105 cm³/mol. The van der Waals surface area contributed by atoms with E-state index in [-0.39, 0.29) is 18.2 Å². The van der Waals surface area contributed by atoms with E-state index in [0.29, 0.717) is 11.4 Å². The molecule has 3 heterocycles. The van der Waals surface area contributed by atoms with Crippen molar-refractivity contribution in [2.45, 2.75) is 18.8 Å². The Labute approximate surface area is 163 Å². The highest BCUT2D eigenvalue weighted by Gasteiger charge is 2.54. The molecular formula is C20H15BrN4O2. The van der Waals surface area contributed by atoms with Crippen molar-refractivity contribution in [3.05, 3.63) is 69.8 Å². The highest BCUT2D eigenvalue weighted by Crippen LogP contribution is 2.50. The third kappa shape index (κ3) is 2.21. The molecule has 27 heavy (non-hydrogen) atoms. The van der Waals surface area contributed by atoms with E-state index in [1.807, 2.05) is 49.4 Å². The van der Waals surface area contributed by atoms with Crippen LogP contribution in [-0.2, 0) is 15.0 Å². The standard InChI is InChI=1S/C20H15BrN4O2/c1-11-2-7-16-14(8-11)20(19(27)23-16)9-17(26)24-18-15(20)10-22-25(18)13-5-3-12(21)4-6-13/h2-8,10H,9H2,1H3,(H,23,27)(H,24,26). The van der Waals surface area contributed by atoms with Crippen molar-refractivity contribution in [3.63, 3.8) is 0 Å². The van der Waals surface area contributed by atoms with Crippen LogP contribution in [0.25, 0.3) is 5.69 Å². The summed E-state index contributed by atoms with van der Waals surface area (Å²) in [6, 6.07) is 13.4. The van der Waals surface area contributed by atoms with E-state index in [2.05, 4.69) is 31.7 Å². The summed E-state index contributed by atoms with van der Waals surface area (Å²) in [7, 11) is 0. The van der Waals surface area contributed by atoms with Crippen LogP contribution < -0.4 is 10.6 Å². The van der Waals surface area contributed by atoms with E-state index < -0.39 is 5.41 Å². The number of nitrogens with zero attached hydrogens (tertiary/aromatic N) is 2. The van der Waals surface area contributed by atoms with Gasteiger partial charge in [0, 0.05) is 22.1 Å². The molecule has 5 rings (SSSR count). The van der Waals surface area contributed by atoms with Crippen molar-refractivity contribution < 1.29 is 9.59 Å². The first kappa shape index (κ1) is 16.3. The Morgan fingerprint density at radius 1 is 1.07 bits per heavy atom. The monoisotopic (exact) mass is 422 g/mol. The average molecular weight is 423 g/mol.